The molecule has 1 aliphatic heterocycles. The number of methoxy groups -OCH3 is 1. The number of rotatable bonds is 4. The SMILES string of the molecule is COc1cc(/C=C2\SC(=O)N(Cc3ccc(Cl)cc3)C2=O)ccc1O. The van der Waals surface area contributed by atoms with Crippen molar-refractivity contribution in [1.82, 2.24) is 4.90 Å². The molecule has 128 valence electrons. The minimum atomic E-state index is -0.350. The third-order valence-electron chi connectivity index (χ3n) is 3.63. The van der Waals surface area contributed by atoms with Crippen LogP contribution in [0.3, 0.4) is 0 Å². The van der Waals surface area contributed by atoms with Crippen LogP contribution in [0.5, 0.6) is 11.5 Å². The fourth-order valence-corrected chi connectivity index (χ4v) is 3.31. The van der Waals surface area contributed by atoms with Crippen LogP contribution in [0.4, 0.5) is 4.79 Å². The van der Waals surface area contributed by atoms with Crippen LogP contribution in [-0.4, -0.2) is 28.3 Å². The molecule has 0 aromatic heterocycles. The van der Waals surface area contributed by atoms with Gasteiger partial charge in [0.15, 0.2) is 11.5 Å². The first kappa shape index (κ1) is 17.4. The molecule has 2 amide bonds. The Morgan fingerprint density at radius 2 is 1.92 bits per heavy atom. The highest BCUT2D eigenvalue weighted by Gasteiger charge is 2.34. The van der Waals surface area contributed by atoms with Crippen molar-refractivity contribution in [3.05, 3.63) is 63.5 Å². The molecule has 1 aliphatic rings. The smallest absolute Gasteiger partial charge is 0.293 e. The molecule has 0 bridgehead atoms. The average Bonchev–Trinajstić information content (AvgIpc) is 2.86. The Kier molecular flexibility index (Phi) is 5.01. The lowest BCUT2D eigenvalue weighted by Crippen LogP contribution is -2.27. The van der Waals surface area contributed by atoms with E-state index in [0.717, 1.165) is 17.3 Å². The van der Waals surface area contributed by atoms with Crippen molar-refractivity contribution in [2.24, 2.45) is 0 Å². The van der Waals surface area contributed by atoms with Crippen LogP contribution in [0.15, 0.2) is 47.4 Å². The lowest BCUT2D eigenvalue weighted by Gasteiger charge is -2.12. The van der Waals surface area contributed by atoms with Crippen molar-refractivity contribution in [3.63, 3.8) is 0 Å². The highest BCUT2D eigenvalue weighted by molar-refractivity contribution is 8.18. The molecule has 5 nitrogen and oxygen atoms in total. The van der Waals surface area contributed by atoms with E-state index < -0.39 is 0 Å². The van der Waals surface area contributed by atoms with E-state index in [4.69, 9.17) is 16.3 Å². The molecular formula is C18H14ClNO4S. The van der Waals surface area contributed by atoms with Crippen molar-refractivity contribution in [3.8, 4) is 11.5 Å². The largest absolute Gasteiger partial charge is 0.504 e. The van der Waals surface area contributed by atoms with Crippen molar-refractivity contribution in [2.45, 2.75) is 6.54 Å². The molecule has 3 rings (SSSR count). The first-order valence-corrected chi connectivity index (χ1v) is 8.54. The van der Waals surface area contributed by atoms with Gasteiger partial charge in [0.25, 0.3) is 11.1 Å². The number of halogens is 1. The number of ether oxygens (including phenoxy) is 1. The minimum Gasteiger partial charge on any atom is -0.504 e. The van der Waals surface area contributed by atoms with Gasteiger partial charge in [0.05, 0.1) is 18.6 Å². The number of thioether (sulfide) groups is 1. The van der Waals surface area contributed by atoms with E-state index >= 15 is 0 Å². The number of carbonyl (C=O) groups is 2. The molecule has 2 aromatic carbocycles. The molecule has 2 aromatic rings. The van der Waals surface area contributed by atoms with E-state index in [1.165, 1.54) is 18.1 Å². The highest BCUT2D eigenvalue weighted by Crippen LogP contribution is 2.35. The van der Waals surface area contributed by atoms with Gasteiger partial charge in [-0.1, -0.05) is 29.8 Å². The predicted octanol–water partition coefficient (Wildman–Crippen LogP) is 4.29. The van der Waals surface area contributed by atoms with E-state index in [1.54, 1.807) is 42.5 Å². The summed E-state index contributed by atoms with van der Waals surface area (Å²) in [5.41, 5.74) is 1.48. The van der Waals surface area contributed by atoms with Gasteiger partial charge < -0.3 is 9.84 Å². The van der Waals surface area contributed by atoms with Crippen LogP contribution in [0.1, 0.15) is 11.1 Å². The molecule has 0 saturated carbocycles. The first-order valence-electron chi connectivity index (χ1n) is 7.35. The summed E-state index contributed by atoms with van der Waals surface area (Å²) in [4.78, 5) is 26.2. The summed E-state index contributed by atoms with van der Waals surface area (Å²) in [5, 5.41) is 9.90. The Balaban J connectivity index is 1.82. The summed E-state index contributed by atoms with van der Waals surface area (Å²) in [5.74, 6) is -0.0402. The molecule has 25 heavy (non-hydrogen) atoms. The number of phenolic OH excluding ortho intramolecular Hbond substituents is 1. The maximum Gasteiger partial charge on any atom is 0.293 e. The van der Waals surface area contributed by atoms with E-state index in [0.29, 0.717) is 21.2 Å². The van der Waals surface area contributed by atoms with Gasteiger partial charge >= 0.3 is 0 Å². The zero-order valence-corrected chi connectivity index (χ0v) is 14.8. The zero-order chi connectivity index (χ0) is 18.0. The maximum absolute atomic E-state index is 12.5. The number of carbonyl (C=O) groups excluding carboxylic acids is 2. The minimum absolute atomic E-state index is 0.00972. The topological polar surface area (TPSA) is 66.8 Å². The van der Waals surface area contributed by atoms with Gasteiger partial charge in [-0.2, -0.15) is 0 Å². The number of phenols is 1. The molecule has 0 aliphatic carbocycles. The van der Waals surface area contributed by atoms with Crippen LogP contribution in [0.25, 0.3) is 6.08 Å². The Labute approximate surface area is 153 Å². The van der Waals surface area contributed by atoms with Gasteiger partial charge in [0.1, 0.15) is 0 Å². The van der Waals surface area contributed by atoms with Crippen molar-refractivity contribution < 1.29 is 19.4 Å². The van der Waals surface area contributed by atoms with Gasteiger partial charge in [-0.05, 0) is 53.2 Å². The standard InChI is InChI=1S/C18H14ClNO4S/c1-24-15-8-12(4-7-14(15)21)9-16-17(22)20(18(23)25-16)10-11-2-5-13(19)6-3-11/h2-9,21H,10H2,1H3/b16-9-. The lowest BCUT2D eigenvalue weighted by atomic mass is 10.1. The molecule has 1 fully saturated rings. The molecule has 1 heterocycles. The van der Waals surface area contributed by atoms with E-state index in [1.807, 2.05) is 0 Å². The molecule has 1 N–H and O–H groups in total. The number of nitrogens with zero attached hydrogens (tertiary/aromatic N) is 1. The summed E-state index contributed by atoms with van der Waals surface area (Å²) < 4.78 is 5.05. The molecular weight excluding hydrogens is 362 g/mol. The number of aromatic hydroxyl groups is 1. The third kappa shape index (κ3) is 3.81. The predicted molar refractivity (Wildman–Crippen MR) is 97.6 cm³/mol. The molecule has 0 radical (unpaired) electrons. The van der Waals surface area contributed by atoms with Crippen LogP contribution in [0.2, 0.25) is 5.02 Å². The van der Waals surface area contributed by atoms with Gasteiger partial charge in [0, 0.05) is 5.02 Å². The second kappa shape index (κ2) is 7.21. The van der Waals surface area contributed by atoms with Gasteiger partial charge in [-0.15, -0.1) is 0 Å². The van der Waals surface area contributed by atoms with Crippen LogP contribution >= 0.6 is 23.4 Å². The number of benzene rings is 2. The Hall–Kier alpha value is -2.44. The van der Waals surface area contributed by atoms with Gasteiger partial charge in [0.2, 0.25) is 0 Å². The fourth-order valence-electron chi connectivity index (χ4n) is 2.34. The Bertz CT molecular complexity index is 864. The maximum atomic E-state index is 12.5. The Morgan fingerprint density at radius 1 is 1.20 bits per heavy atom. The van der Waals surface area contributed by atoms with Crippen LogP contribution in [0, 0.1) is 0 Å². The molecule has 0 unspecified atom stereocenters. The summed E-state index contributed by atoms with van der Waals surface area (Å²) in [6.07, 6.45) is 1.61. The molecule has 0 atom stereocenters. The Morgan fingerprint density at radius 3 is 2.60 bits per heavy atom. The summed E-state index contributed by atoms with van der Waals surface area (Å²) >= 11 is 6.73. The monoisotopic (exact) mass is 375 g/mol. The molecule has 7 heteroatoms. The average molecular weight is 376 g/mol. The van der Waals surface area contributed by atoms with Crippen LogP contribution < -0.4 is 4.74 Å². The number of hydrogen-bond acceptors (Lipinski definition) is 5. The number of imide groups is 1. The summed E-state index contributed by atoms with van der Waals surface area (Å²) in [6, 6.07) is 11.7. The second-order valence-electron chi connectivity index (χ2n) is 5.33. The van der Waals surface area contributed by atoms with E-state index in [-0.39, 0.29) is 23.4 Å². The van der Waals surface area contributed by atoms with Gasteiger partial charge in [-0.25, -0.2) is 0 Å². The number of hydrogen-bond donors (Lipinski definition) is 1. The normalized spacial score (nSPS) is 15.9. The van der Waals surface area contributed by atoms with Crippen LogP contribution in [-0.2, 0) is 11.3 Å². The second-order valence-corrected chi connectivity index (χ2v) is 6.76. The van der Waals surface area contributed by atoms with E-state index in [2.05, 4.69) is 0 Å². The van der Waals surface area contributed by atoms with Crippen molar-refractivity contribution in [2.75, 3.05) is 7.11 Å². The lowest BCUT2D eigenvalue weighted by molar-refractivity contribution is -0.123. The summed E-state index contributed by atoms with van der Waals surface area (Å²) in [7, 11) is 1.44. The highest BCUT2D eigenvalue weighted by atomic mass is 35.5. The van der Waals surface area contributed by atoms with E-state index in [9.17, 15) is 14.7 Å². The molecule has 0 spiro atoms. The van der Waals surface area contributed by atoms with Crippen molar-refractivity contribution in [1.29, 1.82) is 0 Å². The quantitative estimate of drug-likeness (QED) is 0.807. The third-order valence-corrected chi connectivity index (χ3v) is 4.79. The van der Waals surface area contributed by atoms with Gasteiger partial charge in [-0.3, -0.25) is 14.5 Å². The summed E-state index contributed by atoms with van der Waals surface area (Å²) in [6.45, 7) is 0.193. The molecule has 1 saturated heterocycles. The van der Waals surface area contributed by atoms with Crippen molar-refractivity contribution >= 4 is 40.6 Å². The zero-order valence-electron chi connectivity index (χ0n) is 13.2. The first-order chi connectivity index (χ1) is 12.0. The number of amides is 2. The fraction of sp³-hybridized carbons (Fsp3) is 0.111.